The lowest BCUT2D eigenvalue weighted by Gasteiger charge is -2.36. The molecule has 2 heterocycles. The molecule has 18 heavy (non-hydrogen) atoms. The Morgan fingerprint density at radius 1 is 1.06 bits per heavy atom. The first-order valence-corrected chi connectivity index (χ1v) is 6.31. The van der Waals surface area contributed by atoms with E-state index in [2.05, 4.69) is 66.6 Å². The number of likely N-dealkylation sites (N-methyl/N-ethyl adjacent to an activating group) is 1. The Bertz CT molecular complexity index is 623. The average Bonchev–Trinajstić information content (AvgIpc) is 2.77. The standard InChI is InChI=1S/C16H14N2/c1-18-15-9-5-2-6-11(15)10-14-16(18)12-7-3-4-8-13(12)17-14/h2-10,12,15H,1H3. The van der Waals surface area contributed by atoms with E-state index in [1.165, 1.54) is 11.3 Å². The third-order valence-electron chi connectivity index (χ3n) is 3.94. The maximum absolute atomic E-state index is 4.76. The van der Waals surface area contributed by atoms with Gasteiger partial charge < -0.3 is 4.90 Å². The SMILES string of the molecule is CN1C2=C(C=C3C=CC=CC31)N=C1C=CC=CC12. The van der Waals surface area contributed by atoms with E-state index in [9.17, 15) is 0 Å². The molecule has 4 aliphatic rings. The van der Waals surface area contributed by atoms with Gasteiger partial charge in [-0.1, -0.05) is 42.5 Å². The van der Waals surface area contributed by atoms with Gasteiger partial charge in [0, 0.05) is 7.05 Å². The number of fused-ring (bicyclic) bond motifs is 3. The summed E-state index contributed by atoms with van der Waals surface area (Å²) in [5, 5.41) is 0. The summed E-state index contributed by atoms with van der Waals surface area (Å²) in [4.78, 5) is 7.11. The van der Waals surface area contributed by atoms with Crippen molar-refractivity contribution in [3.63, 3.8) is 0 Å². The minimum Gasteiger partial charge on any atom is -0.365 e. The van der Waals surface area contributed by atoms with E-state index in [4.69, 9.17) is 4.99 Å². The molecular weight excluding hydrogens is 220 g/mol. The molecule has 2 aliphatic carbocycles. The summed E-state index contributed by atoms with van der Waals surface area (Å²) in [7, 11) is 2.17. The number of hydrogen-bond donors (Lipinski definition) is 0. The fourth-order valence-electron chi connectivity index (χ4n) is 3.07. The Morgan fingerprint density at radius 2 is 1.89 bits per heavy atom. The third-order valence-corrected chi connectivity index (χ3v) is 3.94. The van der Waals surface area contributed by atoms with Gasteiger partial charge in [-0.25, -0.2) is 0 Å². The zero-order valence-corrected chi connectivity index (χ0v) is 10.2. The summed E-state index contributed by atoms with van der Waals surface area (Å²) >= 11 is 0. The van der Waals surface area contributed by atoms with Crippen molar-refractivity contribution in [1.82, 2.24) is 4.90 Å². The van der Waals surface area contributed by atoms with Gasteiger partial charge >= 0.3 is 0 Å². The molecular formula is C16H14N2. The average molecular weight is 234 g/mol. The molecule has 88 valence electrons. The summed E-state index contributed by atoms with van der Waals surface area (Å²) in [6, 6.07) is 0.364. The second kappa shape index (κ2) is 3.45. The van der Waals surface area contributed by atoms with Crippen LogP contribution in [0.5, 0.6) is 0 Å². The Balaban J connectivity index is 1.85. The van der Waals surface area contributed by atoms with E-state index < -0.39 is 0 Å². The molecule has 0 aromatic carbocycles. The van der Waals surface area contributed by atoms with Crippen LogP contribution < -0.4 is 0 Å². The minimum atomic E-state index is 0.340. The first-order chi connectivity index (χ1) is 8.84. The maximum atomic E-state index is 4.76. The molecule has 4 rings (SSSR count). The first kappa shape index (κ1) is 9.89. The Hall–Kier alpha value is -2.09. The molecule has 0 saturated carbocycles. The van der Waals surface area contributed by atoms with Gasteiger partial charge in [-0.15, -0.1) is 0 Å². The van der Waals surface area contributed by atoms with Gasteiger partial charge in [-0.05, 0) is 17.7 Å². The normalized spacial score (nSPS) is 31.1. The molecule has 2 unspecified atom stereocenters. The molecule has 0 bridgehead atoms. The van der Waals surface area contributed by atoms with Gasteiger partial charge in [0.05, 0.1) is 29.1 Å². The fourth-order valence-corrected chi connectivity index (χ4v) is 3.07. The fraction of sp³-hybridized carbons (Fsp3) is 0.188. The van der Waals surface area contributed by atoms with E-state index in [1.54, 1.807) is 0 Å². The molecule has 0 aromatic heterocycles. The lowest BCUT2D eigenvalue weighted by Crippen LogP contribution is -2.36. The molecule has 2 heteroatoms. The van der Waals surface area contributed by atoms with Crippen molar-refractivity contribution in [1.29, 1.82) is 0 Å². The highest BCUT2D eigenvalue weighted by Gasteiger charge is 2.35. The van der Waals surface area contributed by atoms with E-state index in [0.29, 0.717) is 12.0 Å². The molecule has 2 atom stereocenters. The predicted molar refractivity (Wildman–Crippen MR) is 74.1 cm³/mol. The quantitative estimate of drug-likeness (QED) is 0.629. The lowest BCUT2D eigenvalue weighted by molar-refractivity contribution is 0.365. The van der Waals surface area contributed by atoms with Crippen LogP contribution in [-0.4, -0.2) is 23.7 Å². The number of aliphatic imine (C=N–C) groups is 1. The van der Waals surface area contributed by atoms with Crippen molar-refractivity contribution in [2.75, 3.05) is 7.05 Å². The van der Waals surface area contributed by atoms with E-state index in [0.717, 1.165) is 11.4 Å². The topological polar surface area (TPSA) is 15.6 Å². The van der Waals surface area contributed by atoms with Crippen molar-refractivity contribution in [2.24, 2.45) is 10.9 Å². The summed E-state index contributed by atoms with van der Waals surface area (Å²) in [5.74, 6) is 0.340. The molecule has 0 saturated heterocycles. The molecule has 2 aliphatic heterocycles. The number of allylic oxidation sites excluding steroid dienone is 7. The van der Waals surface area contributed by atoms with Gasteiger partial charge in [-0.3, -0.25) is 4.99 Å². The van der Waals surface area contributed by atoms with Crippen LogP contribution in [-0.2, 0) is 0 Å². The lowest BCUT2D eigenvalue weighted by atomic mass is 9.89. The highest BCUT2D eigenvalue weighted by molar-refractivity contribution is 6.04. The van der Waals surface area contributed by atoms with Crippen molar-refractivity contribution in [2.45, 2.75) is 6.04 Å². The molecule has 0 N–H and O–H groups in total. The molecule has 0 spiro atoms. The Labute approximate surface area is 107 Å². The van der Waals surface area contributed by atoms with Crippen LogP contribution in [0.1, 0.15) is 0 Å². The third kappa shape index (κ3) is 1.20. The second-order valence-corrected chi connectivity index (χ2v) is 4.97. The highest BCUT2D eigenvalue weighted by atomic mass is 15.2. The van der Waals surface area contributed by atoms with Crippen LogP contribution in [0, 0.1) is 5.92 Å². The van der Waals surface area contributed by atoms with Crippen LogP contribution in [0.3, 0.4) is 0 Å². The Morgan fingerprint density at radius 3 is 2.83 bits per heavy atom. The van der Waals surface area contributed by atoms with E-state index in [1.807, 2.05) is 0 Å². The van der Waals surface area contributed by atoms with Crippen molar-refractivity contribution in [3.8, 4) is 0 Å². The minimum absolute atomic E-state index is 0.340. The van der Waals surface area contributed by atoms with Crippen LogP contribution >= 0.6 is 0 Å². The van der Waals surface area contributed by atoms with Crippen LogP contribution in [0.4, 0.5) is 0 Å². The van der Waals surface area contributed by atoms with Crippen molar-refractivity contribution in [3.05, 3.63) is 71.7 Å². The number of hydrogen-bond acceptors (Lipinski definition) is 2. The van der Waals surface area contributed by atoms with Crippen molar-refractivity contribution < 1.29 is 0 Å². The Kier molecular flexibility index (Phi) is 1.90. The maximum Gasteiger partial charge on any atom is 0.0838 e. The predicted octanol–water partition coefficient (Wildman–Crippen LogP) is 2.76. The van der Waals surface area contributed by atoms with E-state index in [-0.39, 0.29) is 0 Å². The summed E-state index contributed by atoms with van der Waals surface area (Å²) in [6.45, 7) is 0. The molecule has 0 fully saturated rings. The van der Waals surface area contributed by atoms with Crippen molar-refractivity contribution >= 4 is 5.71 Å². The zero-order valence-electron chi connectivity index (χ0n) is 10.2. The van der Waals surface area contributed by atoms with Gasteiger partial charge in [0.15, 0.2) is 0 Å². The molecule has 0 radical (unpaired) electrons. The molecule has 2 nitrogen and oxygen atoms in total. The van der Waals surface area contributed by atoms with Gasteiger partial charge in [0.25, 0.3) is 0 Å². The molecule has 0 amide bonds. The number of nitrogens with zero attached hydrogens (tertiary/aromatic N) is 2. The summed E-state index contributed by atoms with van der Waals surface area (Å²) in [5.41, 5.74) is 4.95. The largest absolute Gasteiger partial charge is 0.365 e. The van der Waals surface area contributed by atoms with Crippen LogP contribution in [0.2, 0.25) is 0 Å². The molecule has 0 aromatic rings. The van der Waals surface area contributed by atoms with E-state index >= 15 is 0 Å². The zero-order chi connectivity index (χ0) is 12.1. The first-order valence-electron chi connectivity index (χ1n) is 6.31. The smallest absolute Gasteiger partial charge is 0.0838 e. The van der Waals surface area contributed by atoms with Gasteiger partial charge in [0.2, 0.25) is 0 Å². The summed E-state index contributed by atoms with van der Waals surface area (Å²) in [6.07, 6.45) is 19.4. The van der Waals surface area contributed by atoms with Gasteiger partial charge in [0.1, 0.15) is 0 Å². The number of rotatable bonds is 0. The highest BCUT2D eigenvalue weighted by Crippen LogP contribution is 2.39. The monoisotopic (exact) mass is 234 g/mol. The van der Waals surface area contributed by atoms with Crippen LogP contribution in [0.15, 0.2) is 76.6 Å². The van der Waals surface area contributed by atoms with Gasteiger partial charge in [-0.2, -0.15) is 0 Å². The second-order valence-electron chi connectivity index (χ2n) is 4.97. The summed E-state index contributed by atoms with van der Waals surface area (Å²) < 4.78 is 0. The van der Waals surface area contributed by atoms with Crippen LogP contribution in [0.25, 0.3) is 0 Å².